The summed E-state index contributed by atoms with van der Waals surface area (Å²) in [5.74, 6) is 0.148. The van der Waals surface area contributed by atoms with Crippen molar-refractivity contribution in [2.75, 3.05) is 16.8 Å². The second kappa shape index (κ2) is 5.11. The minimum Gasteiger partial charge on any atom is -0.302 e. The molecular weight excluding hydrogens is 296 g/mol. The maximum Gasteiger partial charge on any atom is 0.230 e. The third-order valence-electron chi connectivity index (χ3n) is 4.02. The fraction of sp³-hybridized carbons (Fsp3) is 0.692. The van der Waals surface area contributed by atoms with Crippen LogP contribution in [-0.4, -0.2) is 30.8 Å². The van der Waals surface area contributed by atoms with Crippen LogP contribution in [0, 0.1) is 11.8 Å². The van der Waals surface area contributed by atoms with E-state index >= 15 is 0 Å². The van der Waals surface area contributed by atoms with Gasteiger partial charge in [-0.25, -0.2) is 13.4 Å². The van der Waals surface area contributed by atoms with E-state index in [1.54, 1.807) is 0 Å². The fourth-order valence-corrected chi connectivity index (χ4v) is 5.72. The number of thiazole rings is 1. The summed E-state index contributed by atoms with van der Waals surface area (Å²) >= 11 is 1.53. The van der Waals surface area contributed by atoms with Gasteiger partial charge in [-0.05, 0) is 31.6 Å². The summed E-state index contributed by atoms with van der Waals surface area (Å²) in [5.41, 5.74) is 1.10. The van der Waals surface area contributed by atoms with E-state index in [0.29, 0.717) is 17.5 Å². The Bertz CT molecular complexity index is 636. The number of nitrogens with zero attached hydrogens (tertiary/aromatic N) is 1. The summed E-state index contributed by atoms with van der Waals surface area (Å²) in [4.78, 5) is 17.8. The number of nitrogens with one attached hydrogen (secondary N) is 1. The SMILES string of the molecule is C[C@@H]1CCc2nc(NC(=O)[C@@H]3CCS(=O)(=O)C3)sc2C1. The Morgan fingerprint density at radius 3 is 2.90 bits per heavy atom. The number of aryl methyl sites for hydroxylation is 1. The van der Waals surface area contributed by atoms with Gasteiger partial charge in [0, 0.05) is 4.88 Å². The molecule has 0 bridgehead atoms. The van der Waals surface area contributed by atoms with Gasteiger partial charge < -0.3 is 5.32 Å². The van der Waals surface area contributed by atoms with Crippen LogP contribution in [-0.2, 0) is 27.5 Å². The molecule has 110 valence electrons. The molecular formula is C13H18N2O3S2. The minimum atomic E-state index is -3.02. The second-order valence-electron chi connectivity index (χ2n) is 5.83. The zero-order valence-corrected chi connectivity index (χ0v) is 13.0. The average molecular weight is 314 g/mol. The minimum absolute atomic E-state index is 0.0268. The van der Waals surface area contributed by atoms with Crippen LogP contribution < -0.4 is 5.32 Å². The largest absolute Gasteiger partial charge is 0.302 e. The number of anilines is 1. The summed E-state index contributed by atoms with van der Waals surface area (Å²) in [6.45, 7) is 2.23. The van der Waals surface area contributed by atoms with Crippen molar-refractivity contribution < 1.29 is 13.2 Å². The van der Waals surface area contributed by atoms with E-state index in [-0.39, 0.29) is 17.4 Å². The third kappa shape index (κ3) is 2.88. The number of amides is 1. The lowest BCUT2D eigenvalue weighted by molar-refractivity contribution is -0.119. The molecule has 1 amide bonds. The van der Waals surface area contributed by atoms with Crippen LogP contribution >= 0.6 is 11.3 Å². The van der Waals surface area contributed by atoms with Crippen LogP contribution in [0.5, 0.6) is 0 Å². The molecule has 0 aromatic carbocycles. The Morgan fingerprint density at radius 1 is 1.40 bits per heavy atom. The molecule has 0 unspecified atom stereocenters. The van der Waals surface area contributed by atoms with Gasteiger partial charge in [-0.3, -0.25) is 4.79 Å². The molecule has 0 spiro atoms. The van der Waals surface area contributed by atoms with E-state index in [2.05, 4.69) is 17.2 Å². The number of carbonyl (C=O) groups excluding carboxylic acids is 1. The topological polar surface area (TPSA) is 76.1 Å². The maximum absolute atomic E-state index is 12.1. The average Bonchev–Trinajstić information content (AvgIpc) is 2.91. The summed E-state index contributed by atoms with van der Waals surface area (Å²) < 4.78 is 22.8. The van der Waals surface area contributed by atoms with Crippen molar-refractivity contribution in [3.63, 3.8) is 0 Å². The zero-order chi connectivity index (χ0) is 14.3. The second-order valence-corrected chi connectivity index (χ2v) is 9.14. The molecule has 7 heteroatoms. The highest BCUT2D eigenvalue weighted by molar-refractivity contribution is 7.91. The van der Waals surface area contributed by atoms with E-state index in [1.807, 2.05) is 0 Å². The lowest BCUT2D eigenvalue weighted by Gasteiger charge is -2.15. The van der Waals surface area contributed by atoms with Gasteiger partial charge in [0.05, 0.1) is 23.1 Å². The van der Waals surface area contributed by atoms with Crippen LogP contribution in [0.3, 0.4) is 0 Å². The third-order valence-corrected chi connectivity index (χ3v) is 6.82. The van der Waals surface area contributed by atoms with Crippen LogP contribution in [0.2, 0.25) is 0 Å². The van der Waals surface area contributed by atoms with Crippen molar-refractivity contribution in [1.29, 1.82) is 0 Å². The van der Waals surface area contributed by atoms with Crippen molar-refractivity contribution in [3.05, 3.63) is 10.6 Å². The molecule has 1 aliphatic heterocycles. The number of sulfone groups is 1. The van der Waals surface area contributed by atoms with Crippen molar-refractivity contribution >= 4 is 32.2 Å². The van der Waals surface area contributed by atoms with Crippen molar-refractivity contribution in [2.24, 2.45) is 11.8 Å². The van der Waals surface area contributed by atoms with Crippen molar-refractivity contribution in [3.8, 4) is 0 Å². The van der Waals surface area contributed by atoms with Crippen molar-refractivity contribution in [2.45, 2.75) is 32.6 Å². The molecule has 2 atom stereocenters. The van der Waals surface area contributed by atoms with Gasteiger partial charge >= 0.3 is 0 Å². The van der Waals surface area contributed by atoms with Gasteiger partial charge in [0.1, 0.15) is 0 Å². The first-order valence-corrected chi connectivity index (χ1v) is 9.56. The van der Waals surface area contributed by atoms with Crippen LogP contribution in [0.15, 0.2) is 0 Å². The number of carbonyl (C=O) groups is 1. The molecule has 0 saturated carbocycles. The molecule has 1 fully saturated rings. The Morgan fingerprint density at radius 2 is 2.20 bits per heavy atom. The first-order chi connectivity index (χ1) is 9.43. The Kier molecular flexibility index (Phi) is 3.58. The molecule has 1 N–H and O–H groups in total. The van der Waals surface area contributed by atoms with Crippen LogP contribution in [0.4, 0.5) is 5.13 Å². The summed E-state index contributed by atoms with van der Waals surface area (Å²) in [7, 11) is -3.02. The quantitative estimate of drug-likeness (QED) is 0.900. The molecule has 2 aliphatic rings. The molecule has 0 radical (unpaired) electrons. The van der Waals surface area contributed by atoms with E-state index in [0.717, 1.165) is 25.0 Å². The van der Waals surface area contributed by atoms with E-state index < -0.39 is 15.8 Å². The summed E-state index contributed by atoms with van der Waals surface area (Å²) in [6, 6.07) is 0. The Labute approximate surface area is 122 Å². The molecule has 20 heavy (non-hydrogen) atoms. The highest BCUT2D eigenvalue weighted by Gasteiger charge is 2.33. The monoisotopic (exact) mass is 314 g/mol. The van der Waals surface area contributed by atoms with Crippen LogP contribution in [0.25, 0.3) is 0 Å². The lowest BCUT2D eigenvalue weighted by Crippen LogP contribution is -2.23. The predicted molar refractivity (Wildman–Crippen MR) is 78.7 cm³/mol. The van der Waals surface area contributed by atoms with Gasteiger partial charge in [-0.2, -0.15) is 0 Å². The van der Waals surface area contributed by atoms with Gasteiger partial charge in [0.15, 0.2) is 15.0 Å². The highest BCUT2D eigenvalue weighted by Crippen LogP contribution is 2.32. The van der Waals surface area contributed by atoms with E-state index in [9.17, 15) is 13.2 Å². The van der Waals surface area contributed by atoms with E-state index in [1.165, 1.54) is 16.2 Å². The zero-order valence-electron chi connectivity index (χ0n) is 11.4. The lowest BCUT2D eigenvalue weighted by atomic mass is 9.93. The van der Waals surface area contributed by atoms with Gasteiger partial charge in [0.2, 0.25) is 5.91 Å². The standard InChI is InChI=1S/C13H18N2O3S2/c1-8-2-3-10-11(6-8)19-13(14-10)15-12(16)9-4-5-20(17,18)7-9/h8-9H,2-7H2,1H3,(H,14,15,16)/t8-,9-/m1/s1. The molecule has 1 aliphatic carbocycles. The summed E-state index contributed by atoms with van der Waals surface area (Å²) in [5, 5.41) is 3.42. The predicted octanol–water partition coefficient (Wildman–Crippen LogP) is 1.64. The smallest absolute Gasteiger partial charge is 0.230 e. The van der Waals surface area contributed by atoms with E-state index in [4.69, 9.17) is 0 Å². The normalized spacial score (nSPS) is 28.1. The molecule has 1 aromatic rings. The molecule has 3 rings (SSSR count). The highest BCUT2D eigenvalue weighted by atomic mass is 32.2. The Hall–Kier alpha value is -0.950. The fourth-order valence-electron chi connectivity index (χ4n) is 2.80. The number of aromatic nitrogens is 1. The molecule has 1 saturated heterocycles. The number of hydrogen-bond donors (Lipinski definition) is 1. The Balaban J connectivity index is 1.68. The first-order valence-electron chi connectivity index (χ1n) is 6.93. The molecule has 2 heterocycles. The molecule has 1 aromatic heterocycles. The number of hydrogen-bond acceptors (Lipinski definition) is 5. The van der Waals surface area contributed by atoms with Crippen LogP contribution in [0.1, 0.15) is 30.3 Å². The van der Waals surface area contributed by atoms with Gasteiger partial charge in [-0.15, -0.1) is 11.3 Å². The maximum atomic E-state index is 12.1. The van der Waals surface area contributed by atoms with Crippen molar-refractivity contribution in [1.82, 2.24) is 4.98 Å². The van der Waals surface area contributed by atoms with Gasteiger partial charge in [0.25, 0.3) is 0 Å². The number of rotatable bonds is 2. The number of fused-ring (bicyclic) bond motifs is 1. The van der Waals surface area contributed by atoms with Gasteiger partial charge in [-0.1, -0.05) is 6.92 Å². The molecule has 5 nitrogen and oxygen atoms in total. The first kappa shape index (κ1) is 14.0. The summed E-state index contributed by atoms with van der Waals surface area (Å²) in [6.07, 6.45) is 3.57.